The van der Waals surface area contributed by atoms with Crippen LogP contribution in [0.25, 0.3) is 11.1 Å². The highest BCUT2D eigenvalue weighted by molar-refractivity contribution is 5.78. The lowest BCUT2D eigenvalue weighted by atomic mass is 9.95. The number of nitrogens with zero attached hydrogens (tertiary/aromatic N) is 2. The van der Waals surface area contributed by atoms with Crippen molar-refractivity contribution in [3.8, 4) is 11.1 Å². The molecule has 4 rings (SSSR count). The van der Waals surface area contributed by atoms with Gasteiger partial charge in [0.1, 0.15) is 0 Å². The quantitative estimate of drug-likeness (QED) is 0.554. The Hall–Kier alpha value is -2.85. The van der Waals surface area contributed by atoms with Gasteiger partial charge in [0, 0.05) is 31.4 Å². The molecule has 0 radical (unpaired) electrons. The number of aryl methyl sites for hydroxylation is 1. The maximum Gasteiger partial charge on any atom is 0.223 e. The van der Waals surface area contributed by atoms with Crippen LogP contribution in [0.15, 0.2) is 79.1 Å². The molecule has 0 bridgehead atoms. The molecule has 0 atom stereocenters. The second-order valence-corrected chi connectivity index (χ2v) is 8.49. The summed E-state index contributed by atoms with van der Waals surface area (Å²) >= 11 is 0. The molecule has 0 unspecified atom stereocenters. The number of hydrogen-bond donors (Lipinski definition) is 1. The number of likely N-dealkylation sites (tertiary alicyclic amines) is 1. The predicted octanol–water partition coefficient (Wildman–Crippen LogP) is 4.62. The lowest BCUT2D eigenvalue weighted by molar-refractivity contribution is -0.126. The molecule has 1 amide bonds. The van der Waals surface area contributed by atoms with Crippen LogP contribution in [0.5, 0.6) is 0 Å². The summed E-state index contributed by atoms with van der Waals surface area (Å²) in [5.41, 5.74) is 3.73. The number of nitrogens with one attached hydrogen (secondary N) is 1. The van der Waals surface area contributed by atoms with Gasteiger partial charge in [-0.2, -0.15) is 0 Å². The van der Waals surface area contributed by atoms with Crippen LogP contribution in [0.3, 0.4) is 0 Å². The van der Waals surface area contributed by atoms with Crippen molar-refractivity contribution in [2.75, 3.05) is 26.2 Å². The molecule has 0 aliphatic carbocycles. The molecular weight excluding hydrogens is 382 g/mol. The van der Waals surface area contributed by atoms with Gasteiger partial charge >= 0.3 is 0 Å². The van der Waals surface area contributed by atoms with Gasteiger partial charge in [-0.25, -0.2) is 0 Å². The van der Waals surface area contributed by atoms with Gasteiger partial charge in [-0.05, 0) is 74.1 Å². The van der Waals surface area contributed by atoms with Gasteiger partial charge in [0.15, 0.2) is 0 Å². The maximum absolute atomic E-state index is 12.6. The Morgan fingerprint density at radius 1 is 0.839 bits per heavy atom. The van der Waals surface area contributed by atoms with Gasteiger partial charge in [0.2, 0.25) is 5.91 Å². The van der Waals surface area contributed by atoms with E-state index in [2.05, 4.69) is 87.8 Å². The molecule has 4 nitrogen and oxygen atoms in total. The van der Waals surface area contributed by atoms with Crippen molar-refractivity contribution in [3.63, 3.8) is 0 Å². The third-order valence-corrected chi connectivity index (χ3v) is 6.29. The van der Waals surface area contributed by atoms with Gasteiger partial charge in [0.05, 0.1) is 0 Å². The minimum atomic E-state index is 0.168. The molecule has 4 heteroatoms. The summed E-state index contributed by atoms with van der Waals surface area (Å²) in [6.07, 6.45) is 8.22. The first-order valence-electron chi connectivity index (χ1n) is 11.5. The van der Waals surface area contributed by atoms with E-state index in [1.54, 1.807) is 0 Å². The van der Waals surface area contributed by atoms with Crippen LogP contribution < -0.4 is 5.32 Å². The fraction of sp³-hybridized carbons (Fsp3) is 0.370. The normalized spacial score (nSPS) is 15.1. The molecule has 0 spiro atoms. The van der Waals surface area contributed by atoms with Crippen LogP contribution in [0.4, 0.5) is 0 Å². The molecule has 1 aliphatic heterocycles. The summed E-state index contributed by atoms with van der Waals surface area (Å²) in [6, 6.07) is 23.2. The standard InChI is InChI=1S/C27H33N3O/c31-27(26-14-21-30(22-15-26)20-6-19-29-17-4-5-18-29)28-16-13-23-9-11-25(12-10-23)24-7-2-1-3-8-24/h1-5,7-12,17-18,26H,6,13-16,19-22H2,(H,28,31). The summed E-state index contributed by atoms with van der Waals surface area (Å²) in [5.74, 6) is 0.397. The van der Waals surface area contributed by atoms with Gasteiger partial charge in [-0.15, -0.1) is 0 Å². The van der Waals surface area contributed by atoms with E-state index < -0.39 is 0 Å². The smallest absolute Gasteiger partial charge is 0.223 e. The molecule has 1 fully saturated rings. The van der Waals surface area contributed by atoms with E-state index in [0.29, 0.717) is 6.54 Å². The number of carbonyl (C=O) groups excluding carboxylic acids is 1. The maximum atomic E-state index is 12.6. The van der Waals surface area contributed by atoms with Crippen molar-refractivity contribution in [2.45, 2.75) is 32.2 Å². The number of benzene rings is 2. The van der Waals surface area contributed by atoms with Crippen molar-refractivity contribution in [3.05, 3.63) is 84.7 Å². The zero-order chi connectivity index (χ0) is 21.3. The number of aromatic nitrogens is 1. The number of piperidine rings is 1. The average molecular weight is 416 g/mol. The van der Waals surface area contributed by atoms with E-state index in [1.165, 1.54) is 16.7 Å². The zero-order valence-electron chi connectivity index (χ0n) is 18.2. The Morgan fingerprint density at radius 2 is 1.52 bits per heavy atom. The Kier molecular flexibility index (Phi) is 7.56. The van der Waals surface area contributed by atoms with Crippen LogP contribution in [0.2, 0.25) is 0 Å². The first-order chi connectivity index (χ1) is 15.3. The highest BCUT2D eigenvalue weighted by Gasteiger charge is 2.24. The number of rotatable bonds is 9. The number of amides is 1. The van der Waals surface area contributed by atoms with Crippen molar-refractivity contribution in [1.82, 2.24) is 14.8 Å². The molecule has 2 aromatic carbocycles. The Bertz CT molecular complexity index is 911. The molecule has 31 heavy (non-hydrogen) atoms. The molecule has 1 N–H and O–H groups in total. The van der Waals surface area contributed by atoms with Crippen molar-refractivity contribution >= 4 is 5.91 Å². The van der Waals surface area contributed by atoms with Crippen LogP contribution in [-0.2, 0) is 17.8 Å². The van der Waals surface area contributed by atoms with Crippen molar-refractivity contribution in [1.29, 1.82) is 0 Å². The lowest BCUT2D eigenvalue weighted by Gasteiger charge is -2.31. The van der Waals surface area contributed by atoms with E-state index in [1.807, 2.05) is 6.07 Å². The van der Waals surface area contributed by atoms with Crippen LogP contribution in [0, 0.1) is 5.92 Å². The number of carbonyl (C=O) groups is 1. The topological polar surface area (TPSA) is 37.3 Å². The van der Waals surface area contributed by atoms with Gasteiger partial charge in [0.25, 0.3) is 0 Å². The first-order valence-corrected chi connectivity index (χ1v) is 11.5. The molecule has 0 saturated carbocycles. The van der Waals surface area contributed by atoms with E-state index in [-0.39, 0.29) is 11.8 Å². The third-order valence-electron chi connectivity index (χ3n) is 6.29. The minimum Gasteiger partial charge on any atom is -0.356 e. The van der Waals surface area contributed by atoms with E-state index in [4.69, 9.17) is 0 Å². The van der Waals surface area contributed by atoms with E-state index >= 15 is 0 Å². The average Bonchev–Trinajstić information content (AvgIpc) is 3.34. The Labute approximate surface area is 185 Å². The fourth-order valence-corrected chi connectivity index (χ4v) is 4.38. The Balaban J connectivity index is 1.13. The molecule has 2 heterocycles. The highest BCUT2D eigenvalue weighted by Crippen LogP contribution is 2.20. The lowest BCUT2D eigenvalue weighted by Crippen LogP contribution is -2.41. The largest absolute Gasteiger partial charge is 0.356 e. The highest BCUT2D eigenvalue weighted by atomic mass is 16.1. The van der Waals surface area contributed by atoms with Crippen LogP contribution in [0.1, 0.15) is 24.8 Å². The summed E-state index contributed by atoms with van der Waals surface area (Å²) in [6.45, 7) is 4.96. The van der Waals surface area contributed by atoms with Crippen LogP contribution in [-0.4, -0.2) is 41.6 Å². The summed E-state index contributed by atoms with van der Waals surface area (Å²) in [4.78, 5) is 15.1. The monoisotopic (exact) mass is 415 g/mol. The summed E-state index contributed by atoms with van der Waals surface area (Å²) in [7, 11) is 0. The van der Waals surface area contributed by atoms with Gasteiger partial charge < -0.3 is 14.8 Å². The molecule has 1 aliphatic rings. The third kappa shape index (κ3) is 6.31. The first kappa shape index (κ1) is 21.4. The molecule has 162 valence electrons. The minimum absolute atomic E-state index is 0.168. The van der Waals surface area contributed by atoms with E-state index in [0.717, 1.165) is 51.9 Å². The predicted molar refractivity (Wildman–Crippen MR) is 127 cm³/mol. The summed E-state index contributed by atoms with van der Waals surface area (Å²) in [5, 5.41) is 3.16. The van der Waals surface area contributed by atoms with Crippen LogP contribution >= 0.6 is 0 Å². The second-order valence-electron chi connectivity index (χ2n) is 8.49. The Morgan fingerprint density at radius 3 is 2.23 bits per heavy atom. The van der Waals surface area contributed by atoms with Crippen molar-refractivity contribution in [2.24, 2.45) is 5.92 Å². The summed E-state index contributed by atoms with van der Waals surface area (Å²) < 4.78 is 2.23. The molecule has 1 aromatic heterocycles. The van der Waals surface area contributed by atoms with E-state index in [9.17, 15) is 4.79 Å². The van der Waals surface area contributed by atoms with Gasteiger partial charge in [-0.1, -0.05) is 54.6 Å². The fourth-order valence-electron chi connectivity index (χ4n) is 4.38. The molecule has 1 saturated heterocycles. The second kappa shape index (κ2) is 11.0. The van der Waals surface area contributed by atoms with Crippen molar-refractivity contribution < 1.29 is 4.79 Å². The van der Waals surface area contributed by atoms with Gasteiger partial charge in [-0.3, -0.25) is 4.79 Å². The zero-order valence-corrected chi connectivity index (χ0v) is 18.2. The SMILES string of the molecule is O=C(NCCc1ccc(-c2ccccc2)cc1)C1CCN(CCCn2cccc2)CC1. The molecular formula is C27H33N3O. The number of hydrogen-bond acceptors (Lipinski definition) is 2. The molecule has 3 aromatic rings.